The number of alkyl carbamates (subject to hydrolysis) is 1. The lowest BCUT2D eigenvalue weighted by Gasteiger charge is -2.34. The molecule has 0 spiro atoms. The van der Waals surface area contributed by atoms with Gasteiger partial charge in [-0.05, 0) is 91.8 Å². The highest BCUT2D eigenvalue weighted by molar-refractivity contribution is 7.48. The molecule has 0 aromatic heterocycles. The third kappa shape index (κ3) is 18.3. The first kappa shape index (κ1) is 38.9. The molecule has 0 fully saturated rings. The van der Waals surface area contributed by atoms with Crippen LogP contribution in [0.1, 0.15) is 94.1 Å². The fourth-order valence-electron chi connectivity index (χ4n) is 4.15. The van der Waals surface area contributed by atoms with Crippen LogP contribution in [0, 0.1) is 5.92 Å². The lowest BCUT2D eigenvalue weighted by molar-refractivity contribution is 0.0521. The monoisotopic (exact) mass is 629 g/mol. The molecule has 1 rings (SSSR count). The van der Waals surface area contributed by atoms with E-state index in [0.717, 1.165) is 31.4 Å². The number of carbonyl (C=O) groups excluding carboxylic acids is 2. The van der Waals surface area contributed by atoms with E-state index in [1.165, 1.54) is 0 Å². The van der Waals surface area contributed by atoms with Gasteiger partial charge in [-0.1, -0.05) is 32.4 Å². The first-order valence-electron chi connectivity index (χ1n) is 15.3. The van der Waals surface area contributed by atoms with Gasteiger partial charge < -0.3 is 14.8 Å². The maximum atomic E-state index is 13.1. The average Bonchev–Trinajstić information content (AvgIpc) is 2.84. The van der Waals surface area contributed by atoms with E-state index in [2.05, 4.69) is 29.4 Å². The lowest BCUT2D eigenvalue weighted by Crippen LogP contribution is -2.40. The minimum atomic E-state index is -3.70. The summed E-state index contributed by atoms with van der Waals surface area (Å²) < 4.78 is 40.4. The largest absolute Gasteiger partial charge is 0.474 e. The number of carbonyl (C=O) groups is 2. The van der Waals surface area contributed by atoms with E-state index < -0.39 is 31.2 Å². The molecule has 11 nitrogen and oxygen atoms in total. The molecular formula is C31H56N3O8P. The van der Waals surface area contributed by atoms with Crippen LogP contribution < -0.4 is 10.6 Å². The van der Waals surface area contributed by atoms with Gasteiger partial charge >= 0.3 is 20.0 Å². The van der Waals surface area contributed by atoms with E-state index in [9.17, 15) is 14.2 Å². The number of amides is 2. The van der Waals surface area contributed by atoms with Gasteiger partial charge in [0.25, 0.3) is 0 Å². The molecule has 2 N–H and O–H groups in total. The lowest BCUT2D eigenvalue weighted by atomic mass is 10.0. The van der Waals surface area contributed by atoms with E-state index in [1.807, 2.05) is 65.8 Å². The normalized spacial score (nSPS) is 13.2. The zero-order chi connectivity index (χ0) is 32.7. The number of nitrogens with one attached hydrogen (secondary N) is 2. The van der Waals surface area contributed by atoms with Gasteiger partial charge in [0.1, 0.15) is 11.2 Å². The van der Waals surface area contributed by atoms with Crippen molar-refractivity contribution in [2.45, 2.75) is 112 Å². The third-order valence-electron chi connectivity index (χ3n) is 5.73. The molecule has 0 saturated heterocycles. The Balaban J connectivity index is 3.01. The third-order valence-corrected chi connectivity index (χ3v) is 7.35. The number of anilines is 1. The Labute approximate surface area is 259 Å². The smallest absolute Gasteiger partial charge is 0.444 e. The average molecular weight is 630 g/mol. The second-order valence-corrected chi connectivity index (χ2v) is 14.5. The molecule has 0 aliphatic rings. The fourth-order valence-corrected chi connectivity index (χ4v) is 5.36. The first-order valence-corrected chi connectivity index (χ1v) is 16.7. The Hall–Kier alpha value is -2.17. The number of ether oxygens (including phenoxy) is 2. The SMILES string of the molecule is CCOP(=O)(OCC)OC[C@H](CCCCNC(=O)OC(C)(C)C)N(Cc1ccc(NC(=O)OC(C)(C)C)cc1)CC(C)C. The van der Waals surface area contributed by atoms with Gasteiger partial charge in [0.05, 0.1) is 19.8 Å². The molecule has 43 heavy (non-hydrogen) atoms. The van der Waals surface area contributed by atoms with Crippen molar-refractivity contribution in [1.29, 1.82) is 0 Å². The minimum absolute atomic E-state index is 0.0993. The standard InChI is InChI=1S/C31H56N3O8P/c1-11-38-43(37,39-12-2)40-23-27(15-13-14-20-32-28(35)41-30(5,6)7)34(21-24(3)4)22-25-16-18-26(19-17-25)33-29(36)42-31(8,9)10/h16-19,24,27H,11-15,20-23H2,1-10H3,(H,32,35)(H,33,36)/t27-/m0/s1. The van der Waals surface area contributed by atoms with Crippen LogP contribution in [0.15, 0.2) is 24.3 Å². The number of nitrogens with zero attached hydrogens (tertiary/aromatic N) is 1. The van der Waals surface area contributed by atoms with E-state index in [4.69, 9.17) is 23.0 Å². The summed E-state index contributed by atoms with van der Waals surface area (Å²) >= 11 is 0. The maximum absolute atomic E-state index is 13.1. The van der Waals surface area contributed by atoms with Crippen LogP contribution in [-0.4, -0.2) is 67.2 Å². The van der Waals surface area contributed by atoms with Crippen molar-refractivity contribution < 1.29 is 37.2 Å². The minimum Gasteiger partial charge on any atom is -0.444 e. The van der Waals surface area contributed by atoms with Gasteiger partial charge in [-0.2, -0.15) is 0 Å². The molecular weight excluding hydrogens is 573 g/mol. The highest BCUT2D eigenvalue weighted by Crippen LogP contribution is 2.49. The first-order chi connectivity index (χ1) is 19.9. The predicted molar refractivity (Wildman–Crippen MR) is 170 cm³/mol. The van der Waals surface area contributed by atoms with Crippen molar-refractivity contribution in [2.75, 3.05) is 38.2 Å². The molecule has 0 bridgehead atoms. The molecule has 0 heterocycles. The van der Waals surface area contributed by atoms with Crippen LogP contribution >= 0.6 is 7.82 Å². The number of hydrogen-bond donors (Lipinski definition) is 2. The molecule has 0 aliphatic heterocycles. The molecule has 0 radical (unpaired) electrons. The van der Waals surface area contributed by atoms with E-state index in [1.54, 1.807) is 13.8 Å². The summed E-state index contributed by atoms with van der Waals surface area (Å²) in [5.74, 6) is 0.357. The van der Waals surface area contributed by atoms with E-state index in [-0.39, 0.29) is 25.9 Å². The van der Waals surface area contributed by atoms with Crippen LogP contribution in [0.25, 0.3) is 0 Å². The second kappa shape index (κ2) is 18.6. The zero-order valence-electron chi connectivity index (χ0n) is 28.0. The van der Waals surface area contributed by atoms with Gasteiger partial charge in [0, 0.05) is 31.4 Å². The highest BCUT2D eigenvalue weighted by Gasteiger charge is 2.29. The summed E-state index contributed by atoms with van der Waals surface area (Å²) in [6.07, 6.45) is 1.33. The summed E-state index contributed by atoms with van der Waals surface area (Å²) in [5, 5.41) is 5.57. The predicted octanol–water partition coefficient (Wildman–Crippen LogP) is 7.75. The molecule has 1 aromatic rings. The number of benzene rings is 1. The molecule has 0 unspecified atom stereocenters. The molecule has 1 atom stereocenters. The van der Waals surface area contributed by atoms with Crippen LogP contribution in [0.4, 0.5) is 15.3 Å². The summed E-state index contributed by atoms with van der Waals surface area (Å²) in [5.41, 5.74) is 0.548. The van der Waals surface area contributed by atoms with Crippen molar-refractivity contribution in [2.24, 2.45) is 5.92 Å². The number of phosphoric acid groups is 1. The Morgan fingerprint density at radius 1 is 0.860 bits per heavy atom. The molecule has 0 saturated carbocycles. The summed E-state index contributed by atoms with van der Waals surface area (Å²) in [7, 11) is -3.70. The molecule has 2 amide bonds. The van der Waals surface area contributed by atoms with Crippen LogP contribution in [0.3, 0.4) is 0 Å². The van der Waals surface area contributed by atoms with Crippen LogP contribution in [0.5, 0.6) is 0 Å². The second-order valence-electron chi connectivity index (χ2n) is 12.8. The Morgan fingerprint density at radius 2 is 1.42 bits per heavy atom. The van der Waals surface area contributed by atoms with E-state index in [0.29, 0.717) is 24.7 Å². The number of hydrogen-bond acceptors (Lipinski definition) is 9. The molecule has 1 aromatic carbocycles. The van der Waals surface area contributed by atoms with Gasteiger partial charge in [-0.25, -0.2) is 14.2 Å². The summed E-state index contributed by atoms with van der Waals surface area (Å²) in [4.78, 5) is 26.5. The Morgan fingerprint density at radius 3 is 1.93 bits per heavy atom. The van der Waals surface area contributed by atoms with Crippen molar-refractivity contribution in [3.63, 3.8) is 0 Å². The van der Waals surface area contributed by atoms with Gasteiger partial charge in [-0.3, -0.25) is 23.8 Å². The van der Waals surface area contributed by atoms with Gasteiger partial charge in [-0.15, -0.1) is 0 Å². The zero-order valence-corrected chi connectivity index (χ0v) is 28.9. The van der Waals surface area contributed by atoms with Crippen molar-refractivity contribution in [1.82, 2.24) is 10.2 Å². The van der Waals surface area contributed by atoms with Crippen LogP contribution in [0.2, 0.25) is 0 Å². The number of phosphoric ester groups is 1. The molecule has 248 valence electrons. The Bertz CT molecular complexity index is 996. The number of unbranched alkanes of at least 4 members (excludes halogenated alkanes) is 1. The molecule has 0 aliphatic carbocycles. The van der Waals surface area contributed by atoms with Gasteiger partial charge in [0.2, 0.25) is 0 Å². The summed E-state index contributed by atoms with van der Waals surface area (Å²) in [6.45, 7) is 21.2. The van der Waals surface area contributed by atoms with Crippen LogP contribution in [-0.2, 0) is 34.2 Å². The maximum Gasteiger partial charge on any atom is 0.474 e. The van der Waals surface area contributed by atoms with Crippen molar-refractivity contribution in [3.8, 4) is 0 Å². The fraction of sp³-hybridized carbons (Fsp3) is 0.742. The van der Waals surface area contributed by atoms with Crippen molar-refractivity contribution >= 4 is 25.7 Å². The van der Waals surface area contributed by atoms with E-state index >= 15 is 0 Å². The quantitative estimate of drug-likeness (QED) is 0.124. The molecule has 12 heteroatoms. The highest BCUT2D eigenvalue weighted by atomic mass is 31.2. The topological polar surface area (TPSA) is 125 Å². The number of rotatable bonds is 18. The van der Waals surface area contributed by atoms with Crippen molar-refractivity contribution in [3.05, 3.63) is 29.8 Å². The summed E-state index contributed by atoms with van der Waals surface area (Å²) in [6, 6.07) is 7.53. The Kier molecular flexibility index (Phi) is 16.8. The van der Waals surface area contributed by atoms with Gasteiger partial charge in [0.15, 0.2) is 0 Å².